The van der Waals surface area contributed by atoms with Gasteiger partial charge >= 0.3 is 6.18 Å². The summed E-state index contributed by atoms with van der Waals surface area (Å²) in [5, 5.41) is 15.4. The van der Waals surface area contributed by atoms with Crippen molar-refractivity contribution < 1.29 is 22.6 Å². The number of rotatable bonds is 4. The second-order valence-electron chi connectivity index (χ2n) is 6.77. The van der Waals surface area contributed by atoms with Gasteiger partial charge in [-0.15, -0.1) is 5.11 Å². The average molecular weight is 407 g/mol. The highest BCUT2D eigenvalue weighted by Crippen LogP contribution is 2.36. The molecule has 29 heavy (non-hydrogen) atoms. The first kappa shape index (κ1) is 19.6. The standard InChI is InChI=1S/C19H20F3N5O2/c1-26-18(24-25-27(26)15-10-28-12-29-11-15)16-4-2-3-5-17(16)23-14-8-6-13(7-9-14)19(20,21)22/h2-9,15,18,23H,10-12H2,1H3. The van der Waals surface area contributed by atoms with Crippen LogP contribution in [0.4, 0.5) is 24.5 Å². The number of halogens is 3. The summed E-state index contributed by atoms with van der Waals surface area (Å²) in [5.74, 6) is 0. The molecule has 1 saturated heterocycles. The Bertz CT molecular complexity index is 869. The fraction of sp³-hybridized carbons (Fsp3) is 0.368. The first-order chi connectivity index (χ1) is 13.9. The highest BCUT2D eigenvalue weighted by molar-refractivity contribution is 5.64. The molecule has 2 aromatic carbocycles. The number of nitrogens with one attached hydrogen (secondary N) is 1. The van der Waals surface area contributed by atoms with Crippen molar-refractivity contribution in [1.29, 1.82) is 0 Å². The third-order valence-electron chi connectivity index (χ3n) is 4.77. The van der Waals surface area contributed by atoms with Crippen molar-refractivity contribution in [2.24, 2.45) is 10.3 Å². The van der Waals surface area contributed by atoms with Gasteiger partial charge in [0.2, 0.25) is 0 Å². The molecule has 0 saturated carbocycles. The van der Waals surface area contributed by atoms with Crippen molar-refractivity contribution >= 4 is 11.4 Å². The molecule has 154 valence electrons. The van der Waals surface area contributed by atoms with E-state index in [1.54, 1.807) is 5.12 Å². The number of alkyl halides is 3. The average Bonchev–Trinajstić information content (AvgIpc) is 3.10. The van der Waals surface area contributed by atoms with Gasteiger partial charge in [0.15, 0.2) is 6.17 Å². The Morgan fingerprint density at radius 3 is 2.41 bits per heavy atom. The molecule has 4 rings (SSSR count). The Kier molecular flexibility index (Phi) is 5.39. The zero-order valence-corrected chi connectivity index (χ0v) is 15.6. The third-order valence-corrected chi connectivity index (χ3v) is 4.77. The van der Waals surface area contributed by atoms with Gasteiger partial charge in [-0.2, -0.15) is 23.3 Å². The molecule has 1 fully saturated rings. The number of hydrogen-bond donors (Lipinski definition) is 1. The molecule has 7 nitrogen and oxygen atoms in total. The highest BCUT2D eigenvalue weighted by Gasteiger charge is 2.35. The van der Waals surface area contributed by atoms with Crippen LogP contribution in [0.15, 0.2) is 58.9 Å². The lowest BCUT2D eigenvalue weighted by atomic mass is 10.1. The summed E-state index contributed by atoms with van der Waals surface area (Å²) < 4.78 is 49.0. The molecule has 2 aliphatic rings. The first-order valence-electron chi connectivity index (χ1n) is 9.05. The Balaban J connectivity index is 1.52. The van der Waals surface area contributed by atoms with Gasteiger partial charge in [-0.25, -0.2) is 0 Å². The lowest BCUT2D eigenvalue weighted by molar-refractivity contribution is -0.170. The SMILES string of the molecule is CN1C(c2ccccc2Nc2ccc(C(F)(F)F)cc2)N=NN1C1COCOC1. The monoisotopic (exact) mass is 407 g/mol. The number of para-hydroxylation sites is 1. The summed E-state index contributed by atoms with van der Waals surface area (Å²) in [7, 11) is 1.87. The fourth-order valence-electron chi connectivity index (χ4n) is 3.29. The van der Waals surface area contributed by atoms with Crippen molar-refractivity contribution in [2.45, 2.75) is 18.4 Å². The zero-order valence-electron chi connectivity index (χ0n) is 15.6. The van der Waals surface area contributed by atoms with Gasteiger partial charge in [0.05, 0.1) is 18.8 Å². The van der Waals surface area contributed by atoms with Crippen LogP contribution in [0.3, 0.4) is 0 Å². The van der Waals surface area contributed by atoms with Gasteiger partial charge in [-0.3, -0.25) is 0 Å². The van der Waals surface area contributed by atoms with Gasteiger partial charge in [0.25, 0.3) is 0 Å². The van der Waals surface area contributed by atoms with E-state index in [1.807, 2.05) is 36.3 Å². The molecule has 2 heterocycles. The van der Waals surface area contributed by atoms with E-state index in [0.29, 0.717) is 18.9 Å². The maximum atomic E-state index is 12.8. The van der Waals surface area contributed by atoms with Crippen molar-refractivity contribution in [2.75, 3.05) is 32.4 Å². The molecule has 2 aromatic rings. The minimum absolute atomic E-state index is 0.0717. The van der Waals surface area contributed by atoms with E-state index >= 15 is 0 Å². The number of anilines is 2. The van der Waals surface area contributed by atoms with Gasteiger partial charge in [-0.1, -0.05) is 23.4 Å². The lowest BCUT2D eigenvalue weighted by Crippen LogP contribution is -2.47. The number of hydrogen-bond acceptors (Lipinski definition) is 7. The topological polar surface area (TPSA) is 61.7 Å². The molecule has 2 aliphatic heterocycles. The largest absolute Gasteiger partial charge is 0.416 e. The molecule has 1 atom stereocenters. The van der Waals surface area contributed by atoms with Crippen LogP contribution in [0, 0.1) is 0 Å². The van der Waals surface area contributed by atoms with Crippen LogP contribution in [-0.4, -0.2) is 43.2 Å². The van der Waals surface area contributed by atoms with Crippen LogP contribution >= 0.6 is 0 Å². The summed E-state index contributed by atoms with van der Waals surface area (Å²) in [4.78, 5) is 0. The van der Waals surface area contributed by atoms with E-state index in [-0.39, 0.29) is 19.0 Å². The van der Waals surface area contributed by atoms with Crippen LogP contribution in [0.25, 0.3) is 0 Å². The fourth-order valence-corrected chi connectivity index (χ4v) is 3.29. The Hall–Kier alpha value is -2.69. The summed E-state index contributed by atoms with van der Waals surface area (Å²) in [5.41, 5.74) is 1.45. The second kappa shape index (κ2) is 7.97. The molecule has 1 N–H and O–H groups in total. The number of ether oxygens (including phenoxy) is 2. The molecular formula is C19H20F3N5O2. The van der Waals surface area contributed by atoms with Crippen LogP contribution < -0.4 is 5.32 Å². The first-order valence-corrected chi connectivity index (χ1v) is 9.05. The van der Waals surface area contributed by atoms with Gasteiger partial charge in [0.1, 0.15) is 12.8 Å². The number of hydrazine groups is 1. The summed E-state index contributed by atoms with van der Waals surface area (Å²) in [6.45, 7) is 1.25. The molecular weight excluding hydrogens is 387 g/mol. The molecule has 10 heteroatoms. The summed E-state index contributed by atoms with van der Waals surface area (Å²) in [6.07, 6.45) is -4.74. The van der Waals surface area contributed by atoms with E-state index < -0.39 is 11.7 Å². The van der Waals surface area contributed by atoms with Crippen molar-refractivity contribution in [3.63, 3.8) is 0 Å². The van der Waals surface area contributed by atoms with E-state index in [9.17, 15) is 13.2 Å². The van der Waals surface area contributed by atoms with Crippen molar-refractivity contribution in [1.82, 2.24) is 10.1 Å². The highest BCUT2D eigenvalue weighted by atomic mass is 19.4. The molecule has 0 aromatic heterocycles. The third kappa shape index (κ3) is 4.19. The molecule has 0 radical (unpaired) electrons. The minimum Gasteiger partial charge on any atom is -0.355 e. The second-order valence-corrected chi connectivity index (χ2v) is 6.77. The maximum Gasteiger partial charge on any atom is 0.416 e. The van der Waals surface area contributed by atoms with Gasteiger partial charge < -0.3 is 14.8 Å². The van der Waals surface area contributed by atoms with Gasteiger partial charge in [0, 0.05) is 24.0 Å². The summed E-state index contributed by atoms with van der Waals surface area (Å²) >= 11 is 0. The Morgan fingerprint density at radius 2 is 1.72 bits per heavy atom. The minimum atomic E-state index is -4.36. The maximum absolute atomic E-state index is 12.8. The predicted octanol–water partition coefficient (Wildman–Crippen LogP) is 4.35. The Labute approximate surface area is 165 Å². The van der Waals surface area contributed by atoms with E-state index in [1.165, 1.54) is 12.1 Å². The summed E-state index contributed by atoms with van der Waals surface area (Å²) in [6, 6.07) is 12.3. The van der Waals surface area contributed by atoms with E-state index in [2.05, 4.69) is 15.7 Å². The van der Waals surface area contributed by atoms with Gasteiger partial charge in [-0.05, 0) is 30.3 Å². The zero-order chi connectivity index (χ0) is 20.4. The molecule has 1 unspecified atom stereocenters. The Morgan fingerprint density at radius 1 is 1.03 bits per heavy atom. The number of nitrogens with zero attached hydrogens (tertiary/aromatic N) is 4. The molecule has 0 bridgehead atoms. The molecule has 0 aliphatic carbocycles. The van der Waals surface area contributed by atoms with Crippen LogP contribution in [0.1, 0.15) is 17.3 Å². The predicted molar refractivity (Wildman–Crippen MR) is 98.9 cm³/mol. The van der Waals surface area contributed by atoms with Crippen LogP contribution in [0.2, 0.25) is 0 Å². The van der Waals surface area contributed by atoms with Crippen LogP contribution in [-0.2, 0) is 15.7 Å². The molecule has 0 spiro atoms. The quantitative estimate of drug-likeness (QED) is 0.817. The van der Waals surface area contributed by atoms with Crippen LogP contribution in [0.5, 0.6) is 0 Å². The lowest BCUT2D eigenvalue weighted by Gasteiger charge is -2.34. The number of benzene rings is 2. The molecule has 0 amide bonds. The normalized spacial score (nSPS) is 21.0. The van der Waals surface area contributed by atoms with Crippen molar-refractivity contribution in [3.05, 3.63) is 59.7 Å². The smallest absolute Gasteiger partial charge is 0.355 e. The van der Waals surface area contributed by atoms with E-state index in [0.717, 1.165) is 23.4 Å². The van der Waals surface area contributed by atoms with Crippen molar-refractivity contribution in [3.8, 4) is 0 Å². The van der Waals surface area contributed by atoms with E-state index in [4.69, 9.17) is 9.47 Å².